The van der Waals surface area contributed by atoms with Gasteiger partial charge in [-0.3, -0.25) is 4.57 Å². The molecule has 7 aromatic carbocycles. The molecule has 0 saturated heterocycles. The predicted octanol–water partition coefficient (Wildman–Crippen LogP) is 13.0. The van der Waals surface area contributed by atoms with Gasteiger partial charge in [0.2, 0.25) is 0 Å². The Bertz CT molecular complexity index is 3610. The molecule has 3 aromatic heterocycles. The Hall–Kier alpha value is -6.07. The van der Waals surface area contributed by atoms with Gasteiger partial charge in [0.1, 0.15) is 5.82 Å². The van der Waals surface area contributed by atoms with Gasteiger partial charge in [-0.05, 0) is 68.6 Å². The molecule has 10 rings (SSSR count). The summed E-state index contributed by atoms with van der Waals surface area (Å²) >= 11 is 3.65. The zero-order valence-electron chi connectivity index (χ0n) is 41.8. The summed E-state index contributed by atoms with van der Waals surface area (Å²) in [7, 11) is 0. The van der Waals surface area contributed by atoms with Crippen LogP contribution < -0.4 is 9.30 Å². The van der Waals surface area contributed by atoms with Crippen LogP contribution in [0.2, 0.25) is 0 Å². The molecule has 0 bridgehead atoms. The van der Waals surface area contributed by atoms with Gasteiger partial charge in [0.15, 0.2) is 0 Å². The third kappa shape index (κ3) is 7.11. The maximum Gasteiger partial charge on any atom is 0.268 e. The molecule has 0 spiro atoms. The molecular weight excluding hydrogens is 972 g/mol. The number of imidazole rings is 1. The summed E-state index contributed by atoms with van der Waals surface area (Å²) < 4.78 is 99.6. The molecule has 290 valence electrons. The Kier molecular flexibility index (Phi) is 7.50. The fraction of sp³-hybridized carbons (Fsp3) is 0.0769. The molecule has 59 heavy (non-hydrogen) atoms. The van der Waals surface area contributed by atoms with E-state index in [0.717, 1.165) is 37.7 Å². The van der Waals surface area contributed by atoms with Crippen molar-refractivity contribution in [2.45, 2.75) is 26.2 Å². The number of hydrogen-bond donors (Lipinski definition) is 0. The van der Waals surface area contributed by atoms with Crippen LogP contribution in [0.25, 0.3) is 72.3 Å². The van der Waals surface area contributed by atoms with E-state index in [1.807, 2.05) is 54.7 Å². The molecule has 0 aliphatic rings. The standard InChI is InChI=1S/C52H37BrN4O.Pt/c1-52(2,3)37-28-29-54-50(30-37)57-46-27-24-38(53)31-45(46)44-26-25-41(33-49(44)57)58-40-19-12-18-39(32-40)55-34-56(48-23-11-10-22-47(48)55)51-42(35-14-6-4-7-15-35)20-13-21-43(51)36-16-8-5-9-17-36;/h4-31H,1-3H3;/q-2;/i4D,5D,6D,7D,8D,9D,14D,15D,16D,17D;. The number of nitrogens with zero attached hydrogens (tertiary/aromatic N) is 4. The molecule has 0 aliphatic carbocycles. The zero-order valence-corrected chi connectivity index (χ0v) is 35.6. The van der Waals surface area contributed by atoms with Gasteiger partial charge >= 0.3 is 0 Å². The van der Waals surface area contributed by atoms with E-state index in [-0.39, 0.29) is 54.4 Å². The maximum absolute atomic E-state index is 8.99. The normalized spacial score (nSPS) is 14.0. The van der Waals surface area contributed by atoms with E-state index in [1.54, 1.807) is 45.5 Å². The van der Waals surface area contributed by atoms with E-state index < -0.39 is 60.4 Å². The second kappa shape index (κ2) is 15.6. The topological polar surface area (TPSA) is 35.9 Å². The average molecular weight is 1020 g/mol. The van der Waals surface area contributed by atoms with Crippen LogP contribution in [0.3, 0.4) is 0 Å². The fourth-order valence-electron chi connectivity index (χ4n) is 7.31. The zero-order chi connectivity index (χ0) is 48.1. The van der Waals surface area contributed by atoms with Gasteiger partial charge in [0.05, 0.1) is 30.4 Å². The maximum atomic E-state index is 8.99. The third-order valence-corrected chi connectivity index (χ3v) is 10.5. The third-order valence-electron chi connectivity index (χ3n) is 10.0. The minimum absolute atomic E-state index is 0. The van der Waals surface area contributed by atoms with Crippen molar-refractivity contribution in [2.75, 3.05) is 0 Å². The van der Waals surface area contributed by atoms with Crippen molar-refractivity contribution >= 4 is 48.8 Å². The van der Waals surface area contributed by atoms with Crippen LogP contribution in [0.15, 0.2) is 174 Å². The number of fused-ring (bicyclic) bond motifs is 4. The molecule has 0 saturated carbocycles. The van der Waals surface area contributed by atoms with Crippen LogP contribution in [0.5, 0.6) is 11.5 Å². The molecule has 0 aliphatic heterocycles. The first-order chi connectivity index (χ1) is 32.4. The Morgan fingerprint density at radius 2 is 1.39 bits per heavy atom. The molecular formula is C52H37BrN4OPt-2. The van der Waals surface area contributed by atoms with Gasteiger partial charge in [0, 0.05) is 48.8 Å². The van der Waals surface area contributed by atoms with Crippen molar-refractivity contribution in [3.8, 4) is 50.9 Å². The van der Waals surface area contributed by atoms with Crippen molar-refractivity contribution < 1.29 is 44.1 Å². The quantitative estimate of drug-likeness (QED) is 0.118. The van der Waals surface area contributed by atoms with E-state index in [1.165, 1.54) is 0 Å². The SMILES string of the molecule is [2H]c1c([2H])c([2H])c(-c2cccc(-c3c([2H])c([2H])c([2H])c([2H])c3[2H])c2-[n+]2[c-]n(-c3[c-]c(Oc4[c-]c5c(cc4)c4cc(Br)ccc4n5-c4cc(C(C)(C)C)ccn4)ccc3)c3ccccc32)c([2H])c1[2H].[Pt]. The summed E-state index contributed by atoms with van der Waals surface area (Å²) in [6.07, 6.45) is 5.22. The largest absolute Gasteiger partial charge is 0.510 e. The number of rotatable bonds is 7. The van der Waals surface area contributed by atoms with Gasteiger partial charge in [-0.15, -0.1) is 29.7 Å². The van der Waals surface area contributed by atoms with Crippen LogP contribution in [0.4, 0.5) is 0 Å². The summed E-state index contributed by atoms with van der Waals surface area (Å²) in [5.41, 5.74) is 4.55. The van der Waals surface area contributed by atoms with Crippen molar-refractivity contribution in [3.05, 3.63) is 198 Å². The van der Waals surface area contributed by atoms with Crippen molar-refractivity contribution in [1.29, 1.82) is 0 Å². The van der Waals surface area contributed by atoms with Crippen molar-refractivity contribution in [2.24, 2.45) is 0 Å². The number of benzene rings is 7. The molecule has 10 aromatic rings. The van der Waals surface area contributed by atoms with Crippen LogP contribution in [-0.2, 0) is 26.5 Å². The van der Waals surface area contributed by atoms with Gasteiger partial charge in [0.25, 0.3) is 6.33 Å². The Labute approximate surface area is 380 Å². The van der Waals surface area contributed by atoms with E-state index in [4.69, 9.17) is 23.4 Å². The molecule has 5 nitrogen and oxygen atoms in total. The van der Waals surface area contributed by atoms with Gasteiger partial charge < -0.3 is 13.9 Å². The minimum atomic E-state index is -0.573. The minimum Gasteiger partial charge on any atom is -0.510 e. The number of halogens is 1. The molecule has 0 atom stereocenters. The van der Waals surface area contributed by atoms with Crippen molar-refractivity contribution in [3.63, 3.8) is 0 Å². The van der Waals surface area contributed by atoms with Crippen LogP contribution in [0, 0.1) is 18.5 Å². The molecule has 3 heterocycles. The summed E-state index contributed by atoms with van der Waals surface area (Å²) in [5.74, 6) is 1.52. The van der Waals surface area contributed by atoms with Crippen molar-refractivity contribution in [1.82, 2.24) is 14.1 Å². The van der Waals surface area contributed by atoms with E-state index in [9.17, 15) is 0 Å². The Morgan fingerprint density at radius 3 is 2.12 bits per heavy atom. The molecule has 0 N–H and O–H groups in total. The molecule has 7 heteroatoms. The summed E-state index contributed by atoms with van der Waals surface area (Å²) in [6, 6.07) is 33.2. The summed E-state index contributed by atoms with van der Waals surface area (Å²) in [5, 5.41) is 1.97. The van der Waals surface area contributed by atoms with Crippen LogP contribution in [-0.4, -0.2) is 14.1 Å². The van der Waals surface area contributed by atoms with Crippen LogP contribution >= 0.6 is 15.9 Å². The van der Waals surface area contributed by atoms with Crippen LogP contribution in [0.1, 0.15) is 40.0 Å². The summed E-state index contributed by atoms with van der Waals surface area (Å²) in [6.45, 7) is 6.49. The first kappa shape index (κ1) is 28.4. The average Bonchev–Trinajstić information content (AvgIpc) is 3.87. The Balaban J connectivity index is 0.00000593. The van der Waals surface area contributed by atoms with Gasteiger partial charge in [-0.25, -0.2) is 4.98 Å². The van der Waals surface area contributed by atoms with E-state index in [0.29, 0.717) is 28.2 Å². The molecule has 0 radical (unpaired) electrons. The monoisotopic (exact) mass is 1020 g/mol. The first-order valence-corrected chi connectivity index (χ1v) is 19.3. The van der Waals surface area contributed by atoms with E-state index >= 15 is 0 Å². The smallest absolute Gasteiger partial charge is 0.268 e. The molecule has 0 amide bonds. The number of para-hydroxylation sites is 3. The summed E-state index contributed by atoms with van der Waals surface area (Å²) in [4.78, 5) is 4.80. The number of ether oxygens (including phenoxy) is 1. The first-order valence-electron chi connectivity index (χ1n) is 23.5. The second-order valence-corrected chi connectivity index (χ2v) is 15.6. The Morgan fingerprint density at radius 1 is 0.695 bits per heavy atom. The number of pyridine rings is 1. The van der Waals surface area contributed by atoms with Gasteiger partial charge in [-0.2, -0.15) is 18.2 Å². The fourth-order valence-corrected chi connectivity index (χ4v) is 7.67. The number of hydrogen-bond acceptors (Lipinski definition) is 2. The van der Waals surface area contributed by atoms with Gasteiger partial charge in [-0.1, -0.05) is 151 Å². The molecule has 0 fully saturated rings. The predicted molar refractivity (Wildman–Crippen MR) is 237 cm³/mol. The molecule has 0 unspecified atom stereocenters. The number of aromatic nitrogens is 4. The van der Waals surface area contributed by atoms with E-state index in [2.05, 4.69) is 77.9 Å². The second-order valence-electron chi connectivity index (χ2n) is 14.7.